The molecule has 8 heteroatoms. The van der Waals surface area contributed by atoms with E-state index in [4.69, 9.17) is 10.5 Å². The van der Waals surface area contributed by atoms with Crippen LogP contribution in [0.1, 0.15) is 19.8 Å². The van der Waals surface area contributed by atoms with E-state index in [0.29, 0.717) is 13.2 Å². The molecular weight excluding hydrogens is 238 g/mol. The minimum Gasteiger partial charge on any atom is -0.381 e. The second kappa shape index (κ2) is 4.73. The van der Waals surface area contributed by atoms with E-state index >= 15 is 0 Å². The van der Waals surface area contributed by atoms with Crippen LogP contribution < -0.4 is 11.1 Å². The molecular formula is C10H15N5O3. The lowest BCUT2D eigenvalue weighted by Gasteiger charge is -2.34. The number of nitrogen functional groups attached to an aromatic ring is 1. The first-order valence-electron chi connectivity index (χ1n) is 5.63. The quantitative estimate of drug-likeness (QED) is 0.608. The summed E-state index contributed by atoms with van der Waals surface area (Å²) in [6.07, 6.45) is 2.73. The number of nitrogens with two attached hydrogens (primary N) is 1. The first-order valence-corrected chi connectivity index (χ1v) is 5.63. The Morgan fingerprint density at radius 3 is 2.78 bits per heavy atom. The molecule has 0 aromatic carbocycles. The molecule has 2 rings (SSSR count). The molecule has 18 heavy (non-hydrogen) atoms. The van der Waals surface area contributed by atoms with Gasteiger partial charge in [0.25, 0.3) is 0 Å². The fraction of sp³-hybridized carbons (Fsp3) is 0.600. The molecule has 2 heterocycles. The van der Waals surface area contributed by atoms with E-state index in [2.05, 4.69) is 15.3 Å². The molecule has 0 spiro atoms. The normalized spacial score (nSPS) is 18.3. The van der Waals surface area contributed by atoms with Crippen molar-refractivity contribution >= 4 is 17.3 Å². The van der Waals surface area contributed by atoms with E-state index in [1.807, 2.05) is 6.92 Å². The van der Waals surface area contributed by atoms with Gasteiger partial charge in [0, 0.05) is 18.8 Å². The fourth-order valence-electron chi connectivity index (χ4n) is 1.90. The van der Waals surface area contributed by atoms with Crippen LogP contribution in [0.4, 0.5) is 17.3 Å². The zero-order chi connectivity index (χ0) is 13.2. The van der Waals surface area contributed by atoms with Crippen molar-refractivity contribution in [3.8, 4) is 0 Å². The van der Waals surface area contributed by atoms with E-state index < -0.39 is 4.92 Å². The van der Waals surface area contributed by atoms with Gasteiger partial charge >= 0.3 is 5.69 Å². The van der Waals surface area contributed by atoms with Gasteiger partial charge in [0.2, 0.25) is 11.6 Å². The molecule has 0 amide bonds. The van der Waals surface area contributed by atoms with Crippen molar-refractivity contribution in [1.82, 2.24) is 9.97 Å². The predicted octanol–water partition coefficient (Wildman–Crippen LogP) is 0.948. The van der Waals surface area contributed by atoms with Crippen molar-refractivity contribution in [3.05, 3.63) is 16.4 Å². The molecule has 8 nitrogen and oxygen atoms in total. The van der Waals surface area contributed by atoms with Crippen LogP contribution in [0.25, 0.3) is 0 Å². The summed E-state index contributed by atoms with van der Waals surface area (Å²) in [4.78, 5) is 18.0. The highest BCUT2D eigenvalue weighted by Gasteiger charge is 2.31. The Bertz CT molecular complexity index is 459. The minimum atomic E-state index is -0.569. The first-order chi connectivity index (χ1) is 8.52. The number of nitro groups is 1. The molecule has 1 fully saturated rings. The van der Waals surface area contributed by atoms with Crippen molar-refractivity contribution in [2.45, 2.75) is 25.3 Å². The van der Waals surface area contributed by atoms with Crippen LogP contribution in [0.5, 0.6) is 0 Å². The third-order valence-electron chi connectivity index (χ3n) is 3.05. The van der Waals surface area contributed by atoms with Gasteiger partial charge in [-0.15, -0.1) is 0 Å². The Morgan fingerprint density at radius 2 is 2.17 bits per heavy atom. The molecule has 1 aliphatic heterocycles. The highest BCUT2D eigenvalue weighted by atomic mass is 16.6. The van der Waals surface area contributed by atoms with Crippen molar-refractivity contribution in [3.63, 3.8) is 0 Å². The Labute approximate surface area is 104 Å². The van der Waals surface area contributed by atoms with Gasteiger partial charge in [-0.05, 0) is 19.8 Å². The SMILES string of the molecule is CC1(Nc2ncnc(N)c2[N+](=O)[O-])CCOCC1. The van der Waals surface area contributed by atoms with Crippen LogP contribution in [-0.2, 0) is 4.74 Å². The summed E-state index contributed by atoms with van der Waals surface area (Å²) >= 11 is 0. The minimum absolute atomic E-state index is 0.131. The molecule has 1 aliphatic rings. The number of hydrogen-bond donors (Lipinski definition) is 2. The predicted molar refractivity (Wildman–Crippen MR) is 65.2 cm³/mol. The summed E-state index contributed by atoms with van der Waals surface area (Å²) < 4.78 is 5.27. The van der Waals surface area contributed by atoms with Crippen molar-refractivity contribution < 1.29 is 9.66 Å². The van der Waals surface area contributed by atoms with E-state index in [1.54, 1.807) is 0 Å². The highest BCUT2D eigenvalue weighted by Crippen LogP contribution is 2.31. The first kappa shape index (κ1) is 12.5. The number of nitrogens with zero attached hydrogens (tertiary/aromatic N) is 3. The molecule has 0 aliphatic carbocycles. The van der Waals surface area contributed by atoms with Crippen molar-refractivity contribution in [1.29, 1.82) is 0 Å². The molecule has 0 unspecified atom stereocenters. The average molecular weight is 253 g/mol. The molecule has 1 aromatic heterocycles. The Kier molecular flexibility index (Phi) is 3.28. The summed E-state index contributed by atoms with van der Waals surface area (Å²) in [5, 5.41) is 14.1. The van der Waals surface area contributed by atoms with Crippen LogP contribution in [0.2, 0.25) is 0 Å². The maximum Gasteiger partial charge on any atom is 0.353 e. The van der Waals surface area contributed by atoms with Gasteiger partial charge in [-0.25, -0.2) is 9.97 Å². The Hall–Kier alpha value is -1.96. The van der Waals surface area contributed by atoms with Crippen LogP contribution in [0.15, 0.2) is 6.33 Å². The average Bonchev–Trinajstić information content (AvgIpc) is 2.28. The van der Waals surface area contributed by atoms with E-state index in [-0.39, 0.29) is 22.9 Å². The van der Waals surface area contributed by atoms with E-state index in [1.165, 1.54) is 6.33 Å². The van der Waals surface area contributed by atoms with Gasteiger partial charge in [0.05, 0.1) is 4.92 Å². The van der Waals surface area contributed by atoms with E-state index in [0.717, 1.165) is 12.8 Å². The highest BCUT2D eigenvalue weighted by molar-refractivity contribution is 5.67. The molecule has 1 aromatic rings. The molecule has 0 saturated carbocycles. The Morgan fingerprint density at radius 1 is 1.50 bits per heavy atom. The topological polar surface area (TPSA) is 116 Å². The van der Waals surface area contributed by atoms with Gasteiger partial charge in [-0.2, -0.15) is 0 Å². The van der Waals surface area contributed by atoms with Crippen LogP contribution in [0.3, 0.4) is 0 Å². The number of rotatable bonds is 3. The second-order valence-electron chi connectivity index (χ2n) is 4.51. The van der Waals surface area contributed by atoms with Crippen molar-refractivity contribution in [2.75, 3.05) is 24.3 Å². The molecule has 0 atom stereocenters. The number of hydrogen-bond acceptors (Lipinski definition) is 7. The zero-order valence-corrected chi connectivity index (χ0v) is 10.0. The van der Waals surface area contributed by atoms with Crippen LogP contribution >= 0.6 is 0 Å². The van der Waals surface area contributed by atoms with Gasteiger partial charge in [0.1, 0.15) is 6.33 Å². The van der Waals surface area contributed by atoms with Crippen LogP contribution in [0, 0.1) is 10.1 Å². The zero-order valence-electron chi connectivity index (χ0n) is 10.0. The Balaban J connectivity index is 2.28. The molecule has 1 saturated heterocycles. The summed E-state index contributed by atoms with van der Waals surface area (Å²) in [5.41, 5.74) is 4.97. The monoisotopic (exact) mass is 253 g/mol. The molecule has 98 valence electrons. The van der Waals surface area contributed by atoms with E-state index in [9.17, 15) is 10.1 Å². The van der Waals surface area contributed by atoms with Crippen LogP contribution in [-0.4, -0.2) is 33.6 Å². The maximum atomic E-state index is 11.0. The third kappa shape index (κ3) is 2.48. The summed E-state index contributed by atoms with van der Waals surface area (Å²) in [5.74, 6) is 0.0325. The number of anilines is 2. The number of nitrogens with one attached hydrogen (secondary N) is 1. The standard InChI is InChI=1S/C10H15N5O3/c1-10(2-4-18-5-3-10)14-9-7(15(16)17)8(11)12-6-13-9/h6H,2-5H2,1H3,(H3,11,12,13,14). The lowest BCUT2D eigenvalue weighted by molar-refractivity contribution is -0.383. The van der Waals surface area contributed by atoms with Crippen molar-refractivity contribution in [2.24, 2.45) is 0 Å². The lowest BCUT2D eigenvalue weighted by atomic mass is 9.92. The molecule has 0 bridgehead atoms. The number of aromatic nitrogens is 2. The second-order valence-corrected chi connectivity index (χ2v) is 4.51. The van der Waals surface area contributed by atoms with Gasteiger partial charge in [0.15, 0.2) is 0 Å². The summed E-state index contributed by atoms with van der Waals surface area (Å²) in [7, 11) is 0. The largest absolute Gasteiger partial charge is 0.381 e. The van der Waals surface area contributed by atoms with Gasteiger partial charge in [-0.3, -0.25) is 10.1 Å². The lowest BCUT2D eigenvalue weighted by Crippen LogP contribution is -2.41. The van der Waals surface area contributed by atoms with Gasteiger partial charge < -0.3 is 15.8 Å². The number of ether oxygens (including phenoxy) is 1. The van der Waals surface area contributed by atoms with Gasteiger partial charge in [-0.1, -0.05) is 0 Å². The maximum absolute atomic E-state index is 11.0. The molecule has 3 N–H and O–H groups in total. The summed E-state index contributed by atoms with van der Waals surface area (Å²) in [6.45, 7) is 3.23. The third-order valence-corrected chi connectivity index (χ3v) is 3.05. The molecule has 0 radical (unpaired) electrons. The summed E-state index contributed by atoms with van der Waals surface area (Å²) in [6, 6.07) is 0. The smallest absolute Gasteiger partial charge is 0.353 e. The fourth-order valence-corrected chi connectivity index (χ4v) is 1.90.